The van der Waals surface area contributed by atoms with Crippen molar-refractivity contribution in [2.24, 2.45) is 0 Å². The van der Waals surface area contributed by atoms with Crippen molar-refractivity contribution >= 4 is 40.8 Å². The number of benzene rings is 2. The van der Waals surface area contributed by atoms with Crippen LogP contribution in [0.1, 0.15) is 18.4 Å². The highest BCUT2D eigenvalue weighted by atomic mass is 35.5. The lowest BCUT2D eigenvalue weighted by atomic mass is 10.2. The number of carbonyl (C=O) groups is 3. The maximum Gasteiger partial charge on any atom is 0.416 e. The third-order valence-corrected chi connectivity index (χ3v) is 3.88. The zero-order chi connectivity index (χ0) is 21.4. The summed E-state index contributed by atoms with van der Waals surface area (Å²) in [6.07, 6.45) is -5.03. The zero-order valence-corrected chi connectivity index (χ0v) is 15.6. The van der Waals surface area contributed by atoms with Gasteiger partial charge in [-0.2, -0.15) is 13.2 Å². The van der Waals surface area contributed by atoms with Gasteiger partial charge in [-0.25, -0.2) is 0 Å². The first-order valence-corrected chi connectivity index (χ1v) is 8.70. The van der Waals surface area contributed by atoms with Gasteiger partial charge in [0.05, 0.1) is 22.7 Å². The molecular weight excluding hydrogens is 413 g/mol. The molecule has 6 nitrogen and oxygen atoms in total. The number of esters is 1. The first-order valence-electron chi connectivity index (χ1n) is 8.32. The second kappa shape index (κ2) is 9.92. The summed E-state index contributed by atoms with van der Waals surface area (Å²) in [5.74, 6) is -2.08. The van der Waals surface area contributed by atoms with E-state index in [1.807, 2.05) is 0 Å². The summed E-state index contributed by atoms with van der Waals surface area (Å²) in [6.45, 7) is -0.730. The summed E-state index contributed by atoms with van der Waals surface area (Å²) in [7, 11) is 0. The molecule has 0 aliphatic rings. The van der Waals surface area contributed by atoms with Gasteiger partial charge in [0.25, 0.3) is 5.91 Å². The third kappa shape index (κ3) is 7.46. The van der Waals surface area contributed by atoms with E-state index in [-0.39, 0.29) is 23.6 Å². The second-order valence-electron chi connectivity index (χ2n) is 5.82. The Kier molecular flexibility index (Phi) is 7.60. The number of halogens is 4. The van der Waals surface area contributed by atoms with Crippen LogP contribution in [0.5, 0.6) is 0 Å². The molecule has 0 saturated heterocycles. The predicted molar refractivity (Wildman–Crippen MR) is 100 cm³/mol. The van der Waals surface area contributed by atoms with E-state index in [2.05, 4.69) is 10.6 Å². The lowest BCUT2D eigenvalue weighted by Gasteiger charge is -2.12. The molecule has 2 rings (SSSR count). The van der Waals surface area contributed by atoms with E-state index in [1.54, 1.807) is 30.3 Å². The Morgan fingerprint density at radius 3 is 2.28 bits per heavy atom. The number of anilines is 2. The molecular formula is C19H16ClF3N2O4. The summed E-state index contributed by atoms with van der Waals surface area (Å²) < 4.78 is 42.9. The summed E-state index contributed by atoms with van der Waals surface area (Å²) in [5, 5.41) is 4.63. The van der Waals surface area contributed by atoms with Crippen LogP contribution in [0.15, 0.2) is 48.5 Å². The van der Waals surface area contributed by atoms with E-state index in [4.69, 9.17) is 16.3 Å². The first kappa shape index (κ1) is 22.2. The smallest absolute Gasteiger partial charge is 0.416 e. The Labute approximate surface area is 169 Å². The zero-order valence-electron chi connectivity index (χ0n) is 14.9. The highest BCUT2D eigenvalue weighted by Crippen LogP contribution is 2.33. The fraction of sp³-hybridized carbons (Fsp3) is 0.211. The van der Waals surface area contributed by atoms with Gasteiger partial charge in [0.2, 0.25) is 5.91 Å². The molecule has 2 N–H and O–H groups in total. The molecule has 0 aliphatic heterocycles. The number of hydrogen-bond donors (Lipinski definition) is 2. The minimum absolute atomic E-state index is 0.102. The number of para-hydroxylation sites is 1. The van der Waals surface area contributed by atoms with Crippen molar-refractivity contribution in [2.75, 3.05) is 17.2 Å². The largest absolute Gasteiger partial charge is 0.456 e. The van der Waals surface area contributed by atoms with Gasteiger partial charge in [-0.05, 0) is 30.3 Å². The molecule has 0 saturated carbocycles. The molecule has 10 heteroatoms. The summed E-state index contributed by atoms with van der Waals surface area (Å²) in [6, 6.07) is 11.1. The summed E-state index contributed by atoms with van der Waals surface area (Å²) in [5.41, 5.74) is -0.674. The summed E-state index contributed by atoms with van der Waals surface area (Å²) >= 11 is 5.77. The van der Waals surface area contributed by atoms with Crippen LogP contribution in [0.3, 0.4) is 0 Å². The Morgan fingerprint density at radius 2 is 1.62 bits per heavy atom. The van der Waals surface area contributed by atoms with Crippen LogP contribution in [-0.2, 0) is 25.3 Å². The highest BCUT2D eigenvalue weighted by Gasteiger charge is 2.31. The van der Waals surface area contributed by atoms with Crippen LogP contribution >= 0.6 is 11.6 Å². The van der Waals surface area contributed by atoms with Gasteiger partial charge < -0.3 is 15.4 Å². The monoisotopic (exact) mass is 428 g/mol. The Bertz CT molecular complexity index is 889. The molecule has 0 fully saturated rings. The van der Waals surface area contributed by atoms with E-state index in [1.165, 1.54) is 0 Å². The Hall–Kier alpha value is -3.07. The topological polar surface area (TPSA) is 84.5 Å². The van der Waals surface area contributed by atoms with Crippen LogP contribution in [-0.4, -0.2) is 24.4 Å². The van der Waals surface area contributed by atoms with E-state index >= 15 is 0 Å². The van der Waals surface area contributed by atoms with Crippen molar-refractivity contribution in [2.45, 2.75) is 19.0 Å². The maximum absolute atomic E-state index is 12.7. The van der Waals surface area contributed by atoms with E-state index in [9.17, 15) is 27.6 Å². The second-order valence-corrected chi connectivity index (χ2v) is 6.22. The molecule has 0 unspecified atom stereocenters. The van der Waals surface area contributed by atoms with Crippen molar-refractivity contribution in [1.29, 1.82) is 0 Å². The molecule has 2 aromatic carbocycles. The average molecular weight is 429 g/mol. The number of carbonyl (C=O) groups excluding carboxylic acids is 3. The fourth-order valence-corrected chi connectivity index (χ4v) is 2.33. The maximum atomic E-state index is 12.7. The molecule has 0 spiro atoms. The third-order valence-electron chi connectivity index (χ3n) is 3.55. The van der Waals surface area contributed by atoms with Crippen molar-refractivity contribution in [1.82, 2.24) is 0 Å². The standard InChI is InChI=1S/C19H16ClF3N2O4/c20-14-7-6-12(19(21,22)23)10-15(14)25-17(27)11-29-18(28)9-8-16(26)24-13-4-2-1-3-5-13/h1-7,10H,8-9,11H2,(H,24,26)(H,25,27). The lowest BCUT2D eigenvalue weighted by Crippen LogP contribution is -2.22. The number of alkyl halides is 3. The molecule has 0 heterocycles. The molecule has 0 atom stereocenters. The van der Waals surface area contributed by atoms with Crippen LogP contribution < -0.4 is 10.6 Å². The number of rotatable bonds is 7. The molecule has 29 heavy (non-hydrogen) atoms. The minimum Gasteiger partial charge on any atom is -0.456 e. The lowest BCUT2D eigenvalue weighted by molar-refractivity contribution is -0.147. The van der Waals surface area contributed by atoms with Gasteiger partial charge >= 0.3 is 12.1 Å². The Morgan fingerprint density at radius 1 is 0.931 bits per heavy atom. The molecule has 0 radical (unpaired) electrons. The van der Waals surface area contributed by atoms with E-state index in [0.717, 1.165) is 12.1 Å². The average Bonchev–Trinajstić information content (AvgIpc) is 2.66. The minimum atomic E-state index is -4.60. The quantitative estimate of drug-likeness (QED) is 0.645. The van der Waals surface area contributed by atoms with Crippen molar-refractivity contribution in [3.8, 4) is 0 Å². The predicted octanol–water partition coefficient (Wildman–Crippen LogP) is 4.26. The number of amides is 2. The van der Waals surface area contributed by atoms with Gasteiger partial charge in [0, 0.05) is 12.1 Å². The van der Waals surface area contributed by atoms with Crippen LogP contribution in [0.25, 0.3) is 0 Å². The SMILES string of the molecule is O=C(CCC(=O)OCC(=O)Nc1cc(C(F)(F)F)ccc1Cl)Nc1ccccc1. The number of nitrogens with one attached hydrogen (secondary N) is 2. The van der Waals surface area contributed by atoms with Crippen molar-refractivity contribution in [3.63, 3.8) is 0 Å². The fourth-order valence-electron chi connectivity index (χ4n) is 2.16. The van der Waals surface area contributed by atoms with Crippen molar-refractivity contribution < 1.29 is 32.3 Å². The van der Waals surface area contributed by atoms with Crippen LogP contribution in [0, 0.1) is 0 Å². The van der Waals surface area contributed by atoms with E-state index in [0.29, 0.717) is 11.8 Å². The van der Waals surface area contributed by atoms with E-state index < -0.39 is 36.1 Å². The van der Waals surface area contributed by atoms with Crippen molar-refractivity contribution in [3.05, 3.63) is 59.1 Å². The molecule has 2 aromatic rings. The molecule has 0 aliphatic carbocycles. The molecule has 154 valence electrons. The number of ether oxygens (including phenoxy) is 1. The molecule has 0 bridgehead atoms. The number of hydrogen-bond acceptors (Lipinski definition) is 4. The van der Waals surface area contributed by atoms with Crippen LogP contribution in [0.2, 0.25) is 5.02 Å². The van der Waals surface area contributed by atoms with Crippen LogP contribution in [0.4, 0.5) is 24.5 Å². The van der Waals surface area contributed by atoms with Gasteiger partial charge in [-0.3, -0.25) is 14.4 Å². The highest BCUT2D eigenvalue weighted by molar-refractivity contribution is 6.33. The molecule has 0 aromatic heterocycles. The van der Waals surface area contributed by atoms with Gasteiger partial charge in [-0.1, -0.05) is 29.8 Å². The Balaban J connectivity index is 1.77. The normalized spacial score (nSPS) is 10.9. The van der Waals surface area contributed by atoms with Gasteiger partial charge in [-0.15, -0.1) is 0 Å². The summed E-state index contributed by atoms with van der Waals surface area (Å²) in [4.78, 5) is 35.2. The van der Waals surface area contributed by atoms with Gasteiger partial charge in [0.15, 0.2) is 6.61 Å². The van der Waals surface area contributed by atoms with Gasteiger partial charge in [0.1, 0.15) is 0 Å². The molecule has 2 amide bonds. The first-order chi connectivity index (χ1) is 13.6.